The molecule has 2 aromatic rings. The average Bonchev–Trinajstić information content (AvgIpc) is 2.78. The molecule has 0 bridgehead atoms. The van der Waals surface area contributed by atoms with Crippen molar-refractivity contribution in [2.75, 3.05) is 45.3 Å². The van der Waals surface area contributed by atoms with Crippen molar-refractivity contribution < 1.29 is 32.3 Å². The number of sulfonamides is 1. The standard InChI is InChI=1S/C20H23N3O8S/c1-14-3-5-17(23(25)26)19(11-14)31-13-20(24)21-16-12-15(4-6-18(16)29-2)32(27,28)22-7-9-30-10-8-22/h3-6,11-12H,7-10,13H2,1-2H3,(H,21,24). The lowest BCUT2D eigenvalue weighted by Gasteiger charge is -2.26. The van der Waals surface area contributed by atoms with Crippen LogP contribution in [0.3, 0.4) is 0 Å². The predicted molar refractivity (Wildman–Crippen MR) is 115 cm³/mol. The van der Waals surface area contributed by atoms with E-state index in [0.29, 0.717) is 13.2 Å². The molecule has 0 radical (unpaired) electrons. The minimum atomic E-state index is -3.78. The molecule has 1 fully saturated rings. The van der Waals surface area contributed by atoms with Gasteiger partial charge in [0.1, 0.15) is 5.75 Å². The molecule has 0 aromatic heterocycles. The number of hydrogen-bond donors (Lipinski definition) is 1. The first-order valence-corrected chi connectivity index (χ1v) is 11.1. The van der Waals surface area contributed by atoms with Crippen molar-refractivity contribution >= 4 is 27.3 Å². The van der Waals surface area contributed by atoms with Crippen LogP contribution >= 0.6 is 0 Å². The Morgan fingerprint density at radius 2 is 1.91 bits per heavy atom. The zero-order valence-electron chi connectivity index (χ0n) is 17.6. The van der Waals surface area contributed by atoms with Crippen molar-refractivity contribution in [2.24, 2.45) is 0 Å². The molecule has 0 saturated carbocycles. The molecule has 1 heterocycles. The first kappa shape index (κ1) is 23.4. The molecule has 1 N–H and O–H groups in total. The van der Waals surface area contributed by atoms with Crippen LogP contribution in [0.25, 0.3) is 0 Å². The Morgan fingerprint density at radius 3 is 2.56 bits per heavy atom. The summed E-state index contributed by atoms with van der Waals surface area (Å²) in [5, 5.41) is 13.7. The number of carbonyl (C=O) groups is 1. The summed E-state index contributed by atoms with van der Waals surface area (Å²) in [6.07, 6.45) is 0. The Morgan fingerprint density at radius 1 is 1.19 bits per heavy atom. The van der Waals surface area contributed by atoms with Crippen LogP contribution in [-0.4, -0.2) is 63.6 Å². The summed E-state index contributed by atoms with van der Waals surface area (Å²) in [5.41, 5.74) is 0.599. The number of nitro benzene ring substituents is 1. The molecule has 1 amide bonds. The topological polar surface area (TPSA) is 137 Å². The predicted octanol–water partition coefficient (Wildman–Crippen LogP) is 1.95. The van der Waals surface area contributed by atoms with Gasteiger partial charge in [-0.15, -0.1) is 0 Å². The molecular formula is C20H23N3O8S. The lowest BCUT2D eigenvalue weighted by Crippen LogP contribution is -2.40. The number of methoxy groups -OCH3 is 1. The Labute approximate surface area is 185 Å². The number of hydrogen-bond acceptors (Lipinski definition) is 8. The van der Waals surface area contributed by atoms with Crippen molar-refractivity contribution in [3.05, 3.63) is 52.1 Å². The zero-order chi connectivity index (χ0) is 23.3. The monoisotopic (exact) mass is 465 g/mol. The van der Waals surface area contributed by atoms with Crippen LogP contribution in [0.1, 0.15) is 5.56 Å². The van der Waals surface area contributed by atoms with Gasteiger partial charge in [-0.1, -0.05) is 6.07 Å². The van der Waals surface area contributed by atoms with Crippen LogP contribution in [0.15, 0.2) is 41.3 Å². The third-order valence-electron chi connectivity index (χ3n) is 4.72. The Kier molecular flexibility index (Phi) is 7.28. The number of morpholine rings is 1. The molecule has 0 unspecified atom stereocenters. The minimum Gasteiger partial charge on any atom is -0.495 e. The lowest BCUT2D eigenvalue weighted by atomic mass is 10.2. The van der Waals surface area contributed by atoms with Crippen LogP contribution in [0.4, 0.5) is 11.4 Å². The van der Waals surface area contributed by atoms with E-state index in [9.17, 15) is 23.3 Å². The maximum absolute atomic E-state index is 12.9. The van der Waals surface area contributed by atoms with Crippen molar-refractivity contribution in [1.82, 2.24) is 4.31 Å². The molecule has 0 spiro atoms. The fourth-order valence-electron chi connectivity index (χ4n) is 3.10. The van der Waals surface area contributed by atoms with Gasteiger partial charge in [-0.25, -0.2) is 8.42 Å². The third-order valence-corrected chi connectivity index (χ3v) is 6.62. The summed E-state index contributed by atoms with van der Waals surface area (Å²) in [4.78, 5) is 23.0. The number of benzene rings is 2. The molecule has 1 aliphatic heterocycles. The van der Waals surface area contributed by atoms with Crippen LogP contribution in [0.5, 0.6) is 11.5 Å². The van der Waals surface area contributed by atoms with Crippen molar-refractivity contribution in [3.8, 4) is 11.5 Å². The molecule has 11 nitrogen and oxygen atoms in total. The van der Waals surface area contributed by atoms with Crippen molar-refractivity contribution in [1.29, 1.82) is 0 Å². The summed E-state index contributed by atoms with van der Waals surface area (Å²) < 4.78 is 42.9. The van der Waals surface area contributed by atoms with E-state index in [-0.39, 0.29) is 40.9 Å². The smallest absolute Gasteiger partial charge is 0.310 e. The summed E-state index contributed by atoms with van der Waals surface area (Å²) in [7, 11) is -2.40. The SMILES string of the molecule is COc1ccc(S(=O)(=O)N2CCOCC2)cc1NC(=O)COc1cc(C)ccc1[N+](=O)[O-]. The maximum Gasteiger partial charge on any atom is 0.310 e. The number of anilines is 1. The minimum absolute atomic E-state index is 0.00857. The second-order valence-electron chi connectivity index (χ2n) is 6.94. The number of rotatable bonds is 8. The highest BCUT2D eigenvalue weighted by atomic mass is 32.2. The van der Waals surface area contributed by atoms with Crippen LogP contribution in [-0.2, 0) is 19.6 Å². The molecule has 1 saturated heterocycles. The van der Waals surface area contributed by atoms with Gasteiger partial charge in [0.2, 0.25) is 10.0 Å². The Balaban J connectivity index is 1.76. The van der Waals surface area contributed by atoms with Crippen LogP contribution < -0.4 is 14.8 Å². The molecule has 172 valence electrons. The number of aryl methyl sites for hydroxylation is 1. The second-order valence-corrected chi connectivity index (χ2v) is 8.88. The van der Waals surface area contributed by atoms with E-state index in [2.05, 4.69) is 5.32 Å². The molecule has 12 heteroatoms. The quantitative estimate of drug-likeness (QED) is 0.461. The molecular weight excluding hydrogens is 442 g/mol. The van der Waals surface area contributed by atoms with Gasteiger partial charge in [0.05, 0.1) is 35.8 Å². The van der Waals surface area contributed by atoms with Gasteiger partial charge in [0.25, 0.3) is 5.91 Å². The van der Waals surface area contributed by atoms with Gasteiger partial charge in [-0.05, 0) is 36.8 Å². The maximum atomic E-state index is 12.9. The molecule has 3 rings (SSSR count). The third kappa shape index (κ3) is 5.33. The summed E-state index contributed by atoms with van der Waals surface area (Å²) in [5.74, 6) is -0.429. The Bertz CT molecular complexity index is 1110. The first-order chi connectivity index (χ1) is 15.2. The van der Waals surface area contributed by atoms with Crippen LogP contribution in [0, 0.1) is 17.0 Å². The number of nitro groups is 1. The van der Waals surface area contributed by atoms with Gasteiger partial charge in [-0.2, -0.15) is 4.31 Å². The van der Waals surface area contributed by atoms with E-state index in [0.717, 1.165) is 5.56 Å². The van der Waals surface area contributed by atoms with E-state index in [1.54, 1.807) is 13.0 Å². The first-order valence-electron chi connectivity index (χ1n) is 9.66. The normalized spacial score (nSPS) is 14.6. The summed E-state index contributed by atoms with van der Waals surface area (Å²) in [6.45, 7) is 2.30. The molecule has 0 aliphatic carbocycles. The molecule has 0 atom stereocenters. The lowest BCUT2D eigenvalue weighted by molar-refractivity contribution is -0.385. The highest BCUT2D eigenvalue weighted by Crippen LogP contribution is 2.30. The van der Waals surface area contributed by atoms with Crippen molar-refractivity contribution in [3.63, 3.8) is 0 Å². The van der Waals surface area contributed by atoms with E-state index in [1.807, 2.05) is 0 Å². The van der Waals surface area contributed by atoms with Gasteiger partial charge in [0, 0.05) is 19.2 Å². The highest BCUT2D eigenvalue weighted by molar-refractivity contribution is 7.89. The average molecular weight is 465 g/mol. The number of carbonyl (C=O) groups excluding carboxylic acids is 1. The summed E-state index contributed by atoms with van der Waals surface area (Å²) >= 11 is 0. The fourth-order valence-corrected chi connectivity index (χ4v) is 4.53. The molecule has 32 heavy (non-hydrogen) atoms. The number of amides is 1. The van der Waals surface area contributed by atoms with Gasteiger partial charge < -0.3 is 19.5 Å². The van der Waals surface area contributed by atoms with Gasteiger partial charge >= 0.3 is 5.69 Å². The van der Waals surface area contributed by atoms with E-state index < -0.39 is 27.5 Å². The van der Waals surface area contributed by atoms with E-state index in [1.165, 1.54) is 41.7 Å². The molecule has 2 aromatic carbocycles. The van der Waals surface area contributed by atoms with E-state index in [4.69, 9.17) is 14.2 Å². The second kappa shape index (κ2) is 9.94. The highest BCUT2D eigenvalue weighted by Gasteiger charge is 2.27. The molecule has 1 aliphatic rings. The number of ether oxygens (including phenoxy) is 3. The van der Waals surface area contributed by atoms with Gasteiger partial charge in [-0.3, -0.25) is 14.9 Å². The number of nitrogens with one attached hydrogen (secondary N) is 1. The number of nitrogens with zero attached hydrogens (tertiary/aromatic N) is 2. The largest absolute Gasteiger partial charge is 0.495 e. The van der Waals surface area contributed by atoms with Gasteiger partial charge in [0.15, 0.2) is 12.4 Å². The van der Waals surface area contributed by atoms with E-state index >= 15 is 0 Å². The summed E-state index contributed by atoms with van der Waals surface area (Å²) in [6, 6.07) is 8.46. The Hall–Kier alpha value is -3.22. The fraction of sp³-hybridized carbons (Fsp3) is 0.350. The zero-order valence-corrected chi connectivity index (χ0v) is 18.4. The van der Waals surface area contributed by atoms with Crippen LogP contribution in [0.2, 0.25) is 0 Å². The van der Waals surface area contributed by atoms with Crippen molar-refractivity contribution in [2.45, 2.75) is 11.8 Å².